The SMILES string of the molecule is C=CCOc1cccc(/C=N\NC(=O)c2cccc(C)c2)c1. The second-order valence-electron chi connectivity index (χ2n) is 4.74. The average Bonchev–Trinajstić information content (AvgIpc) is 2.53. The number of aryl methyl sites for hydroxylation is 1. The number of amides is 1. The summed E-state index contributed by atoms with van der Waals surface area (Å²) in [4.78, 5) is 11.9. The third-order valence-electron chi connectivity index (χ3n) is 2.89. The number of nitrogens with zero attached hydrogens (tertiary/aromatic N) is 1. The molecule has 22 heavy (non-hydrogen) atoms. The first kappa shape index (κ1) is 15.5. The summed E-state index contributed by atoms with van der Waals surface area (Å²) in [5, 5.41) is 3.97. The van der Waals surface area contributed by atoms with Crippen LogP contribution in [-0.4, -0.2) is 18.7 Å². The lowest BCUT2D eigenvalue weighted by atomic mass is 10.1. The molecule has 0 radical (unpaired) electrons. The minimum absolute atomic E-state index is 0.237. The predicted octanol–water partition coefficient (Wildman–Crippen LogP) is 3.32. The van der Waals surface area contributed by atoms with E-state index in [-0.39, 0.29) is 5.91 Å². The van der Waals surface area contributed by atoms with Gasteiger partial charge < -0.3 is 4.74 Å². The Bertz CT molecular complexity index is 693. The number of carbonyl (C=O) groups excluding carboxylic acids is 1. The van der Waals surface area contributed by atoms with Crippen LogP contribution in [-0.2, 0) is 0 Å². The first-order chi connectivity index (χ1) is 10.7. The molecule has 0 atom stereocenters. The maximum absolute atomic E-state index is 11.9. The van der Waals surface area contributed by atoms with E-state index in [1.807, 2.05) is 49.4 Å². The zero-order valence-corrected chi connectivity index (χ0v) is 12.5. The quantitative estimate of drug-likeness (QED) is 0.505. The van der Waals surface area contributed by atoms with Crippen LogP contribution >= 0.6 is 0 Å². The van der Waals surface area contributed by atoms with Crippen LogP contribution < -0.4 is 10.2 Å². The third-order valence-corrected chi connectivity index (χ3v) is 2.89. The molecule has 112 valence electrons. The van der Waals surface area contributed by atoms with Crippen LogP contribution in [0.5, 0.6) is 5.75 Å². The van der Waals surface area contributed by atoms with Crippen molar-refractivity contribution in [3.05, 3.63) is 77.9 Å². The van der Waals surface area contributed by atoms with Gasteiger partial charge in [-0.1, -0.05) is 42.5 Å². The Morgan fingerprint density at radius 3 is 2.86 bits per heavy atom. The van der Waals surface area contributed by atoms with Gasteiger partial charge in [0.1, 0.15) is 12.4 Å². The topological polar surface area (TPSA) is 50.7 Å². The molecule has 0 aromatic heterocycles. The summed E-state index contributed by atoms with van der Waals surface area (Å²) in [5.74, 6) is 0.493. The summed E-state index contributed by atoms with van der Waals surface area (Å²) >= 11 is 0. The fourth-order valence-corrected chi connectivity index (χ4v) is 1.86. The highest BCUT2D eigenvalue weighted by Crippen LogP contribution is 2.11. The minimum atomic E-state index is -0.237. The molecule has 4 heteroatoms. The summed E-state index contributed by atoms with van der Waals surface area (Å²) in [6, 6.07) is 14.8. The number of hydrazone groups is 1. The fourth-order valence-electron chi connectivity index (χ4n) is 1.86. The molecule has 0 fully saturated rings. The molecule has 0 saturated heterocycles. The van der Waals surface area contributed by atoms with Gasteiger partial charge in [-0.15, -0.1) is 0 Å². The largest absolute Gasteiger partial charge is 0.490 e. The average molecular weight is 294 g/mol. The van der Waals surface area contributed by atoms with E-state index in [4.69, 9.17) is 4.74 Å². The number of nitrogens with one attached hydrogen (secondary N) is 1. The maximum Gasteiger partial charge on any atom is 0.271 e. The van der Waals surface area contributed by atoms with Crippen molar-refractivity contribution in [3.63, 3.8) is 0 Å². The van der Waals surface area contributed by atoms with Crippen molar-refractivity contribution in [1.29, 1.82) is 0 Å². The second-order valence-corrected chi connectivity index (χ2v) is 4.74. The van der Waals surface area contributed by atoms with Crippen molar-refractivity contribution in [1.82, 2.24) is 5.43 Å². The molecule has 2 aromatic rings. The van der Waals surface area contributed by atoms with Crippen LogP contribution in [0, 0.1) is 6.92 Å². The molecule has 0 saturated carbocycles. The Balaban J connectivity index is 1.97. The van der Waals surface area contributed by atoms with Crippen molar-refractivity contribution in [2.24, 2.45) is 5.10 Å². The lowest BCUT2D eigenvalue weighted by Gasteiger charge is -2.03. The third kappa shape index (κ3) is 4.59. The van der Waals surface area contributed by atoms with E-state index in [0.29, 0.717) is 12.2 Å². The Kier molecular flexibility index (Phi) is 5.49. The molecule has 2 aromatic carbocycles. The van der Waals surface area contributed by atoms with Crippen molar-refractivity contribution in [2.75, 3.05) is 6.61 Å². The van der Waals surface area contributed by atoms with Gasteiger partial charge in [0.05, 0.1) is 6.21 Å². The van der Waals surface area contributed by atoms with E-state index in [1.165, 1.54) is 0 Å². The van der Waals surface area contributed by atoms with Gasteiger partial charge in [-0.25, -0.2) is 5.43 Å². The lowest BCUT2D eigenvalue weighted by molar-refractivity contribution is 0.0955. The van der Waals surface area contributed by atoms with Crippen molar-refractivity contribution in [3.8, 4) is 5.75 Å². The van der Waals surface area contributed by atoms with Gasteiger partial charge >= 0.3 is 0 Å². The molecule has 2 rings (SSSR count). The molecule has 1 N–H and O–H groups in total. The van der Waals surface area contributed by atoms with E-state index in [9.17, 15) is 4.79 Å². The number of carbonyl (C=O) groups is 1. The number of ether oxygens (including phenoxy) is 1. The van der Waals surface area contributed by atoms with E-state index in [0.717, 1.165) is 16.9 Å². The molecular weight excluding hydrogens is 276 g/mol. The van der Waals surface area contributed by atoms with Gasteiger partial charge in [-0.3, -0.25) is 4.79 Å². The van der Waals surface area contributed by atoms with Gasteiger partial charge in [0.15, 0.2) is 0 Å². The van der Waals surface area contributed by atoms with Crippen LogP contribution in [0.3, 0.4) is 0 Å². The van der Waals surface area contributed by atoms with Crippen LogP contribution in [0.2, 0.25) is 0 Å². The second kappa shape index (κ2) is 7.78. The number of hydrogen-bond donors (Lipinski definition) is 1. The highest BCUT2D eigenvalue weighted by molar-refractivity contribution is 5.95. The molecular formula is C18H18N2O2. The Morgan fingerprint density at radius 2 is 2.09 bits per heavy atom. The highest BCUT2D eigenvalue weighted by Gasteiger charge is 2.03. The van der Waals surface area contributed by atoms with Gasteiger partial charge in [-0.05, 0) is 36.8 Å². The van der Waals surface area contributed by atoms with Gasteiger partial charge in [0, 0.05) is 5.56 Å². The molecule has 0 aliphatic rings. The van der Waals surface area contributed by atoms with Gasteiger partial charge in [0.2, 0.25) is 0 Å². The molecule has 1 amide bonds. The molecule has 0 bridgehead atoms. The maximum atomic E-state index is 11.9. The first-order valence-electron chi connectivity index (χ1n) is 6.93. The summed E-state index contributed by atoms with van der Waals surface area (Å²) in [5.41, 5.74) is 4.96. The van der Waals surface area contributed by atoms with Gasteiger partial charge in [0.25, 0.3) is 5.91 Å². The Morgan fingerprint density at radius 1 is 1.27 bits per heavy atom. The number of benzene rings is 2. The first-order valence-corrected chi connectivity index (χ1v) is 6.93. The Labute approximate surface area is 130 Å². The van der Waals surface area contributed by atoms with Gasteiger partial charge in [-0.2, -0.15) is 5.10 Å². The standard InChI is InChI=1S/C18H18N2O2/c1-3-10-22-17-9-5-7-15(12-17)13-19-20-18(21)16-8-4-6-14(2)11-16/h3-9,11-13H,1,10H2,2H3,(H,20,21)/b19-13-. The van der Waals surface area contributed by atoms with Crippen molar-refractivity contribution < 1.29 is 9.53 Å². The molecule has 0 unspecified atom stereocenters. The lowest BCUT2D eigenvalue weighted by Crippen LogP contribution is -2.17. The highest BCUT2D eigenvalue weighted by atomic mass is 16.5. The van der Waals surface area contributed by atoms with Crippen LogP contribution in [0.25, 0.3) is 0 Å². The summed E-state index contributed by atoms with van der Waals surface area (Å²) < 4.78 is 5.44. The smallest absolute Gasteiger partial charge is 0.271 e. The fraction of sp³-hybridized carbons (Fsp3) is 0.111. The molecule has 0 aliphatic carbocycles. The predicted molar refractivity (Wildman–Crippen MR) is 88.4 cm³/mol. The zero-order chi connectivity index (χ0) is 15.8. The van der Waals surface area contributed by atoms with E-state index < -0.39 is 0 Å². The van der Waals surface area contributed by atoms with Crippen LogP contribution in [0.4, 0.5) is 0 Å². The molecule has 0 aliphatic heterocycles. The summed E-state index contributed by atoms with van der Waals surface area (Å²) in [6.07, 6.45) is 3.26. The molecule has 4 nitrogen and oxygen atoms in total. The molecule has 0 spiro atoms. The van der Waals surface area contributed by atoms with E-state index >= 15 is 0 Å². The van der Waals surface area contributed by atoms with Crippen LogP contribution in [0.1, 0.15) is 21.5 Å². The van der Waals surface area contributed by atoms with Crippen LogP contribution in [0.15, 0.2) is 66.3 Å². The monoisotopic (exact) mass is 294 g/mol. The molecule has 0 heterocycles. The summed E-state index contributed by atoms with van der Waals surface area (Å²) in [6.45, 7) is 5.99. The normalized spacial score (nSPS) is 10.4. The zero-order valence-electron chi connectivity index (χ0n) is 12.5. The van der Waals surface area contributed by atoms with Crippen molar-refractivity contribution in [2.45, 2.75) is 6.92 Å². The number of hydrogen-bond acceptors (Lipinski definition) is 3. The Hall–Kier alpha value is -2.88. The van der Waals surface area contributed by atoms with E-state index in [2.05, 4.69) is 17.1 Å². The number of rotatable bonds is 6. The summed E-state index contributed by atoms with van der Waals surface area (Å²) in [7, 11) is 0. The van der Waals surface area contributed by atoms with E-state index in [1.54, 1.807) is 18.4 Å². The minimum Gasteiger partial charge on any atom is -0.490 e. The van der Waals surface area contributed by atoms with Crippen molar-refractivity contribution >= 4 is 12.1 Å².